The topological polar surface area (TPSA) is 43.1 Å². The van der Waals surface area contributed by atoms with Gasteiger partial charge in [-0.2, -0.15) is 0 Å². The summed E-state index contributed by atoms with van der Waals surface area (Å²) >= 11 is 5.81. The molecule has 0 spiro atoms. The Kier molecular flexibility index (Phi) is 3.81. The number of hydrogen-bond acceptors (Lipinski definition) is 2. The highest BCUT2D eigenvalue weighted by molar-refractivity contribution is 6.33. The van der Waals surface area contributed by atoms with Gasteiger partial charge in [-0.3, -0.25) is 4.79 Å². The lowest BCUT2D eigenvalue weighted by Gasteiger charge is -2.05. The standard InChI is InChI=1S/C14H10ClF2NO/c15-11-5-9(2-4-13(11)18)14(19)6-8-1-3-10(16)7-12(8)17/h1-5,7H,6,18H2. The summed E-state index contributed by atoms with van der Waals surface area (Å²) in [7, 11) is 0. The molecule has 0 aliphatic rings. The van der Waals surface area contributed by atoms with Gasteiger partial charge >= 0.3 is 0 Å². The largest absolute Gasteiger partial charge is 0.398 e. The molecule has 2 N–H and O–H groups in total. The number of halogens is 3. The van der Waals surface area contributed by atoms with Crippen molar-refractivity contribution in [3.05, 3.63) is 64.2 Å². The number of carbonyl (C=O) groups is 1. The predicted octanol–water partition coefficient (Wildman–Crippen LogP) is 3.63. The van der Waals surface area contributed by atoms with E-state index in [1.54, 1.807) is 0 Å². The molecule has 0 radical (unpaired) electrons. The van der Waals surface area contributed by atoms with E-state index >= 15 is 0 Å². The summed E-state index contributed by atoms with van der Waals surface area (Å²) < 4.78 is 26.2. The number of ketones is 1. The minimum Gasteiger partial charge on any atom is -0.398 e. The van der Waals surface area contributed by atoms with Crippen LogP contribution in [0.25, 0.3) is 0 Å². The smallest absolute Gasteiger partial charge is 0.167 e. The van der Waals surface area contributed by atoms with Crippen molar-refractivity contribution in [1.82, 2.24) is 0 Å². The molecule has 2 aromatic rings. The number of anilines is 1. The molecule has 0 amide bonds. The Hall–Kier alpha value is -1.94. The molecule has 0 aliphatic carbocycles. The lowest BCUT2D eigenvalue weighted by molar-refractivity contribution is 0.0992. The number of rotatable bonds is 3. The molecule has 0 aliphatic heterocycles. The summed E-state index contributed by atoms with van der Waals surface area (Å²) in [6, 6.07) is 7.57. The highest BCUT2D eigenvalue weighted by Crippen LogP contribution is 2.21. The highest BCUT2D eigenvalue weighted by atomic mass is 35.5. The fourth-order valence-electron chi connectivity index (χ4n) is 1.64. The summed E-state index contributed by atoms with van der Waals surface area (Å²) in [5.74, 6) is -1.73. The van der Waals surface area contributed by atoms with Crippen LogP contribution in [0.5, 0.6) is 0 Å². The average molecular weight is 282 g/mol. The molecular formula is C14H10ClF2NO. The molecule has 5 heteroatoms. The minimum atomic E-state index is -0.741. The number of Topliss-reactive ketones (excluding diaryl/α,β-unsaturated/α-hetero) is 1. The van der Waals surface area contributed by atoms with E-state index in [1.807, 2.05) is 0 Å². The van der Waals surface area contributed by atoms with Gasteiger partial charge < -0.3 is 5.73 Å². The molecular weight excluding hydrogens is 272 g/mol. The Bertz CT molecular complexity index is 643. The second-order valence-corrected chi connectivity index (χ2v) is 4.48. The lowest BCUT2D eigenvalue weighted by Crippen LogP contribution is -2.06. The van der Waals surface area contributed by atoms with Crippen molar-refractivity contribution in [1.29, 1.82) is 0 Å². The van der Waals surface area contributed by atoms with E-state index in [0.29, 0.717) is 11.3 Å². The van der Waals surface area contributed by atoms with Gasteiger partial charge in [-0.05, 0) is 29.8 Å². The Morgan fingerprint density at radius 2 is 1.89 bits per heavy atom. The van der Waals surface area contributed by atoms with Crippen LogP contribution in [0.3, 0.4) is 0 Å². The summed E-state index contributed by atoms with van der Waals surface area (Å²) in [6.45, 7) is 0. The number of hydrogen-bond donors (Lipinski definition) is 1. The van der Waals surface area contributed by atoms with E-state index in [1.165, 1.54) is 24.3 Å². The van der Waals surface area contributed by atoms with Crippen LogP contribution in [0, 0.1) is 11.6 Å². The van der Waals surface area contributed by atoms with Crippen molar-refractivity contribution in [2.75, 3.05) is 5.73 Å². The molecule has 0 unspecified atom stereocenters. The van der Waals surface area contributed by atoms with Gasteiger partial charge in [0.1, 0.15) is 11.6 Å². The molecule has 0 aromatic heterocycles. The minimum absolute atomic E-state index is 0.138. The lowest BCUT2D eigenvalue weighted by atomic mass is 10.0. The Morgan fingerprint density at radius 1 is 1.16 bits per heavy atom. The van der Waals surface area contributed by atoms with Gasteiger partial charge in [0.25, 0.3) is 0 Å². The zero-order chi connectivity index (χ0) is 14.0. The maximum atomic E-state index is 13.4. The van der Waals surface area contributed by atoms with Gasteiger partial charge in [0.2, 0.25) is 0 Å². The fourth-order valence-corrected chi connectivity index (χ4v) is 1.82. The van der Waals surface area contributed by atoms with E-state index in [4.69, 9.17) is 17.3 Å². The van der Waals surface area contributed by atoms with Crippen molar-refractivity contribution >= 4 is 23.1 Å². The van der Waals surface area contributed by atoms with Crippen molar-refractivity contribution in [2.24, 2.45) is 0 Å². The first-order valence-corrected chi connectivity index (χ1v) is 5.87. The summed E-state index contributed by atoms with van der Waals surface area (Å²) in [5, 5.41) is 0.269. The molecule has 0 atom stereocenters. The maximum Gasteiger partial charge on any atom is 0.167 e. The van der Waals surface area contributed by atoms with Crippen LogP contribution in [-0.4, -0.2) is 5.78 Å². The third-order valence-corrected chi connectivity index (χ3v) is 3.02. The molecule has 0 saturated carbocycles. The Labute approximate surface area is 113 Å². The Morgan fingerprint density at radius 3 is 2.53 bits per heavy atom. The van der Waals surface area contributed by atoms with Crippen LogP contribution in [0.4, 0.5) is 14.5 Å². The number of nitrogens with two attached hydrogens (primary N) is 1. The van der Waals surface area contributed by atoms with E-state index in [-0.39, 0.29) is 22.8 Å². The van der Waals surface area contributed by atoms with E-state index in [0.717, 1.165) is 12.1 Å². The van der Waals surface area contributed by atoms with E-state index in [9.17, 15) is 13.6 Å². The molecule has 0 bridgehead atoms. The molecule has 0 heterocycles. The van der Waals surface area contributed by atoms with Crippen LogP contribution < -0.4 is 5.73 Å². The second kappa shape index (κ2) is 5.36. The van der Waals surface area contributed by atoms with Gasteiger partial charge in [-0.15, -0.1) is 0 Å². The van der Waals surface area contributed by atoms with Crippen LogP contribution in [0.2, 0.25) is 5.02 Å². The van der Waals surface area contributed by atoms with Gasteiger partial charge in [0.05, 0.1) is 10.7 Å². The van der Waals surface area contributed by atoms with E-state index < -0.39 is 11.6 Å². The van der Waals surface area contributed by atoms with Crippen molar-refractivity contribution in [2.45, 2.75) is 6.42 Å². The molecule has 2 nitrogen and oxygen atoms in total. The predicted molar refractivity (Wildman–Crippen MR) is 70.3 cm³/mol. The van der Waals surface area contributed by atoms with Crippen molar-refractivity contribution < 1.29 is 13.6 Å². The zero-order valence-electron chi connectivity index (χ0n) is 9.79. The number of carbonyl (C=O) groups excluding carboxylic acids is 1. The van der Waals surface area contributed by atoms with Crippen molar-refractivity contribution in [3.8, 4) is 0 Å². The highest BCUT2D eigenvalue weighted by Gasteiger charge is 2.12. The van der Waals surface area contributed by atoms with Crippen LogP contribution in [0.15, 0.2) is 36.4 Å². The average Bonchev–Trinajstić information content (AvgIpc) is 2.36. The molecule has 2 rings (SSSR count). The fraction of sp³-hybridized carbons (Fsp3) is 0.0714. The summed E-state index contributed by atoms with van der Waals surface area (Å²) in [6.07, 6.45) is -0.160. The monoisotopic (exact) mass is 281 g/mol. The first-order valence-electron chi connectivity index (χ1n) is 5.49. The van der Waals surface area contributed by atoms with Crippen molar-refractivity contribution in [3.63, 3.8) is 0 Å². The molecule has 0 fully saturated rings. The summed E-state index contributed by atoms with van der Waals surface area (Å²) in [5.41, 5.74) is 6.38. The van der Waals surface area contributed by atoms with Gasteiger partial charge in [-0.25, -0.2) is 8.78 Å². The van der Waals surface area contributed by atoms with Gasteiger partial charge in [-0.1, -0.05) is 17.7 Å². The Balaban J connectivity index is 2.23. The van der Waals surface area contributed by atoms with E-state index in [2.05, 4.69) is 0 Å². The van der Waals surface area contributed by atoms with Crippen LogP contribution in [0.1, 0.15) is 15.9 Å². The molecule has 19 heavy (non-hydrogen) atoms. The second-order valence-electron chi connectivity index (χ2n) is 4.07. The first kappa shape index (κ1) is 13.5. The molecule has 98 valence electrons. The third kappa shape index (κ3) is 3.09. The van der Waals surface area contributed by atoms with Gasteiger partial charge in [0, 0.05) is 18.1 Å². The normalized spacial score (nSPS) is 10.5. The van der Waals surface area contributed by atoms with Gasteiger partial charge in [0.15, 0.2) is 5.78 Å². The molecule has 2 aromatic carbocycles. The van der Waals surface area contributed by atoms with Crippen LogP contribution >= 0.6 is 11.6 Å². The maximum absolute atomic E-state index is 13.4. The third-order valence-electron chi connectivity index (χ3n) is 2.69. The van der Waals surface area contributed by atoms with Crippen LogP contribution in [-0.2, 0) is 6.42 Å². The SMILES string of the molecule is Nc1ccc(C(=O)Cc2ccc(F)cc2F)cc1Cl. The number of nitrogen functional groups attached to an aromatic ring is 1. The molecule has 0 saturated heterocycles. The first-order chi connectivity index (χ1) is 8.97. The quantitative estimate of drug-likeness (QED) is 0.690. The zero-order valence-corrected chi connectivity index (χ0v) is 10.5. The number of benzene rings is 2. The summed E-state index contributed by atoms with van der Waals surface area (Å²) in [4.78, 5) is 12.0.